The summed E-state index contributed by atoms with van der Waals surface area (Å²) in [5.41, 5.74) is 7.31. The van der Waals surface area contributed by atoms with Crippen molar-refractivity contribution in [2.24, 2.45) is 5.73 Å². The van der Waals surface area contributed by atoms with Crippen LogP contribution in [0.25, 0.3) is 0 Å². The second kappa shape index (κ2) is 12.0. The number of carboxylic acids is 1. The summed E-state index contributed by atoms with van der Waals surface area (Å²) in [4.78, 5) is 43.7. The number of carbonyl (C=O) groups is 3. The Morgan fingerprint density at radius 2 is 1.81 bits per heavy atom. The average Bonchev–Trinajstić information content (AvgIpc) is 3.24. The molecular weight excluding hydrogens is 422 g/mol. The van der Waals surface area contributed by atoms with Gasteiger partial charge in [-0.2, -0.15) is 11.8 Å². The van der Waals surface area contributed by atoms with Gasteiger partial charge in [0.25, 0.3) is 0 Å². The molecule has 0 aliphatic carbocycles. The summed E-state index contributed by atoms with van der Waals surface area (Å²) in [6, 6.07) is 3.13. The van der Waals surface area contributed by atoms with E-state index in [2.05, 4.69) is 20.6 Å². The fourth-order valence-electron chi connectivity index (χ4n) is 2.85. The Bertz CT molecular complexity index is 859. The zero-order chi connectivity index (χ0) is 22.8. The first-order chi connectivity index (χ1) is 14.8. The number of phenolic OH excluding ortho intramolecular Hbond substituents is 1. The number of aromatic amines is 1. The molecule has 31 heavy (non-hydrogen) atoms. The van der Waals surface area contributed by atoms with Crippen molar-refractivity contribution in [1.29, 1.82) is 0 Å². The van der Waals surface area contributed by atoms with E-state index in [4.69, 9.17) is 5.73 Å². The number of aliphatic carboxylic acids is 1. The molecule has 0 bridgehead atoms. The summed E-state index contributed by atoms with van der Waals surface area (Å²) in [6.45, 7) is 0. The fraction of sp³-hybridized carbons (Fsp3) is 0.400. The van der Waals surface area contributed by atoms with E-state index in [9.17, 15) is 24.6 Å². The van der Waals surface area contributed by atoms with E-state index in [-0.39, 0.29) is 25.0 Å². The van der Waals surface area contributed by atoms with E-state index in [0.717, 1.165) is 0 Å². The van der Waals surface area contributed by atoms with Gasteiger partial charge in [-0.25, -0.2) is 9.78 Å². The lowest BCUT2D eigenvalue weighted by atomic mass is 10.0. The molecule has 2 rings (SSSR count). The summed E-state index contributed by atoms with van der Waals surface area (Å²) in [5.74, 6) is -1.69. The van der Waals surface area contributed by atoms with E-state index in [0.29, 0.717) is 17.0 Å². The molecule has 10 nitrogen and oxygen atoms in total. The van der Waals surface area contributed by atoms with E-state index < -0.39 is 35.9 Å². The molecule has 0 aliphatic heterocycles. The standard InChI is InChI=1S/C20H27N5O5S/c1-31-7-6-16(20(29)30)24-19(28)17(8-12-2-4-14(26)5-3-12)25-18(27)15(21)9-13-10-22-11-23-13/h2-5,10-11,15-17,26H,6-9,21H2,1H3,(H,22,23)(H,24,28)(H,25,27)(H,29,30). The predicted octanol–water partition coefficient (Wildman–Crippen LogP) is 0.0351. The Morgan fingerprint density at radius 3 is 2.39 bits per heavy atom. The van der Waals surface area contributed by atoms with E-state index in [1.165, 1.54) is 30.2 Å². The smallest absolute Gasteiger partial charge is 0.326 e. The van der Waals surface area contributed by atoms with Crippen LogP contribution in [0.4, 0.5) is 0 Å². The van der Waals surface area contributed by atoms with Crippen LogP contribution in [-0.2, 0) is 27.2 Å². The molecule has 0 saturated heterocycles. The lowest BCUT2D eigenvalue weighted by molar-refractivity contribution is -0.142. The molecule has 11 heteroatoms. The molecule has 3 atom stereocenters. The number of aromatic hydroxyl groups is 1. The first-order valence-electron chi connectivity index (χ1n) is 9.63. The molecule has 1 aromatic heterocycles. The minimum absolute atomic E-state index is 0.0679. The maximum absolute atomic E-state index is 12.9. The normalized spacial score (nSPS) is 13.7. The van der Waals surface area contributed by atoms with Crippen molar-refractivity contribution < 1.29 is 24.6 Å². The lowest BCUT2D eigenvalue weighted by Crippen LogP contribution is -2.55. The van der Waals surface area contributed by atoms with Crippen LogP contribution in [0.1, 0.15) is 17.7 Å². The van der Waals surface area contributed by atoms with E-state index in [1.54, 1.807) is 18.3 Å². The van der Waals surface area contributed by atoms with Crippen molar-refractivity contribution in [3.63, 3.8) is 0 Å². The van der Waals surface area contributed by atoms with Crippen molar-refractivity contribution in [3.05, 3.63) is 48.0 Å². The molecule has 0 spiro atoms. The van der Waals surface area contributed by atoms with Gasteiger partial charge in [-0.05, 0) is 36.1 Å². The van der Waals surface area contributed by atoms with Crippen LogP contribution < -0.4 is 16.4 Å². The highest BCUT2D eigenvalue weighted by molar-refractivity contribution is 7.98. The summed E-state index contributed by atoms with van der Waals surface area (Å²) < 4.78 is 0. The Kier molecular flexibility index (Phi) is 9.35. The first kappa shape index (κ1) is 24.2. The number of hydrogen-bond donors (Lipinski definition) is 6. The second-order valence-corrected chi connectivity index (χ2v) is 7.99. The molecule has 0 fully saturated rings. The predicted molar refractivity (Wildman–Crippen MR) is 117 cm³/mol. The largest absolute Gasteiger partial charge is 0.508 e. The summed E-state index contributed by atoms with van der Waals surface area (Å²) in [5, 5.41) is 24.0. The SMILES string of the molecule is CSCCC(NC(=O)C(Cc1ccc(O)cc1)NC(=O)C(N)Cc1cnc[nH]1)C(=O)O. The molecule has 7 N–H and O–H groups in total. The number of nitrogens with two attached hydrogens (primary N) is 1. The van der Waals surface area contributed by atoms with Gasteiger partial charge >= 0.3 is 5.97 Å². The Hall–Kier alpha value is -3.05. The maximum Gasteiger partial charge on any atom is 0.326 e. The third kappa shape index (κ3) is 7.95. The van der Waals surface area contributed by atoms with Gasteiger partial charge in [-0.3, -0.25) is 9.59 Å². The minimum Gasteiger partial charge on any atom is -0.508 e. The summed E-state index contributed by atoms with van der Waals surface area (Å²) >= 11 is 1.47. The fourth-order valence-corrected chi connectivity index (χ4v) is 3.32. The number of imidazole rings is 1. The van der Waals surface area contributed by atoms with Gasteiger partial charge in [0, 0.05) is 24.7 Å². The van der Waals surface area contributed by atoms with Crippen LogP contribution >= 0.6 is 11.8 Å². The summed E-state index contributed by atoms with van der Waals surface area (Å²) in [7, 11) is 0. The third-order valence-corrected chi connectivity index (χ3v) is 5.21. The van der Waals surface area contributed by atoms with Crippen molar-refractivity contribution >= 4 is 29.5 Å². The van der Waals surface area contributed by atoms with Crippen molar-refractivity contribution in [2.75, 3.05) is 12.0 Å². The molecule has 0 aliphatic rings. The van der Waals surface area contributed by atoms with Crippen LogP contribution in [0.15, 0.2) is 36.8 Å². The molecule has 3 unspecified atom stereocenters. The number of H-pyrrole nitrogens is 1. The van der Waals surface area contributed by atoms with E-state index >= 15 is 0 Å². The number of hydrogen-bond acceptors (Lipinski definition) is 7. The number of benzene rings is 1. The molecule has 2 aromatic rings. The highest BCUT2D eigenvalue weighted by Crippen LogP contribution is 2.12. The van der Waals surface area contributed by atoms with Gasteiger partial charge in [-0.1, -0.05) is 12.1 Å². The van der Waals surface area contributed by atoms with Crippen molar-refractivity contribution in [3.8, 4) is 5.75 Å². The van der Waals surface area contributed by atoms with Crippen molar-refractivity contribution in [1.82, 2.24) is 20.6 Å². The molecule has 1 aromatic carbocycles. The number of amides is 2. The number of thioether (sulfide) groups is 1. The monoisotopic (exact) mass is 449 g/mol. The molecule has 2 amide bonds. The van der Waals surface area contributed by atoms with Gasteiger partial charge < -0.3 is 31.6 Å². The third-order valence-electron chi connectivity index (χ3n) is 4.57. The van der Waals surface area contributed by atoms with Crippen LogP contribution in [0.3, 0.4) is 0 Å². The van der Waals surface area contributed by atoms with Gasteiger partial charge in [0.2, 0.25) is 11.8 Å². The van der Waals surface area contributed by atoms with Gasteiger partial charge in [0.05, 0.1) is 12.4 Å². The topological polar surface area (TPSA) is 170 Å². The Balaban J connectivity index is 2.12. The number of phenols is 1. The quantitative estimate of drug-likeness (QED) is 0.264. The molecule has 168 valence electrons. The van der Waals surface area contributed by atoms with E-state index in [1.807, 2.05) is 6.26 Å². The van der Waals surface area contributed by atoms with Crippen LogP contribution in [0.5, 0.6) is 5.75 Å². The first-order valence-corrected chi connectivity index (χ1v) is 11.0. The zero-order valence-corrected chi connectivity index (χ0v) is 17.9. The maximum atomic E-state index is 12.9. The second-order valence-electron chi connectivity index (χ2n) is 7.00. The highest BCUT2D eigenvalue weighted by atomic mass is 32.2. The Morgan fingerprint density at radius 1 is 1.13 bits per heavy atom. The average molecular weight is 450 g/mol. The van der Waals surface area contributed by atoms with Gasteiger partial charge in [-0.15, -0.1) is 0 Å². The number of aromatic nitrogens is 2. The molecule has 1 heterocycles. The van der Waals surface area contributed by atoms with Crippen molar-refractivity contribution in [2.45, 2.75) is 37.4 Å². The number of carbonyl (C=O) groups excluding carboxylic acids is 2. The highest BCUT2D eigenvalue weighted by Gasteiger charge is 2.28. The number of nitrogens with one attached hydrogen (secondary N) is 3. The van der Waals surface area contributed by atoms with Gasteiger partial charge in [0.15, 0.2) is 0 Å². The van der Waals surface area contributed by atoms with Crippen LogP contribution in [0, 0.1) is 0 Å². The lowest BCUT2D eigenvalue weighted by Gasteiger charge is -2.23. The van der Waals surface area contributed by atoms with Gasteiger partial charge in [0.1, 0.15) is 17.8 Å². The molecule has 0 saturated carbocycles. The minimum atomic E-state index is -1.15. The number of nitrogens with zero attached hydrogens (tertiary/aromatic N) is 1. The van der Waals surface area contributed by atoms with Crippen LogP contribution in [0.2, 0.25) is 0 Å². The summed E-state index contributed by atoms with van der Waals surface area (Å²) in [6.07, 6.45) is 5.42. The number of rotatable bonds is 12. The molecule has 0 radical (unpaired) electrons. The van der Waals surface area contributed by atoms with Crippen LogP contribution in [-0.4, -0.2) is 68.1 Å². The zero-order valence-electron chi connectivity index (χ0n) is 17.1. The number of carboxylic acid groups (broad SMARTS) is 1. The Labute approximate surface area is 184 Å². The molecular formula is C20H27N5O5S.